The highest BCUT2D eigenvalue weighted by Gasteiger charge is 2.45. The number of hydrogen-bond acceptors (Lipinski definition) is 6. The summed E-state index contributed by atoms with van der Waals surface area (Å²) in [4.78, 5) is 14.3. The van der Waals surface area contributed by atoms with Gasteiger partial charge in [0.1, 0.15) is 11.3 Å². The third kappa shape index (κ3) is 4.39. The van der Waals surface area contributed by atoms with Crippen molar-refractivity contribution < 1.29 is 23.4 Å². The third-order valence-corrected chi connectivity index (χ3v) is 6.42. The van der Waals surface area contributed by atoms with Gasteiger partial charge in [0.25, 0.3) is 0 Å². The molecule has 1 aliphatic heterocycles. The lowest BCUT2D eigenvalue weighted by Gasteiger charge is -2.31. The lowest BCUT2D eigenvalue weighted by molar-refractivity contribution is 0.0692. The van der Waals surface area contributed by atoms with Gasteiger partial charge in [0.2, 0.25) is 0 Å². The zero-order valence-electron chi connectivity index (χ0n) is 17.5. The predicted molar refractivity (Wildman–Crippen MR) is 119 cm³/mol. The Morgan fingerprint density at radius 1 is 1.26 bits per heavy atom. The maximum atomic E-state index is 12.3. The molecule has 1 heterocycles. The maximum absolute atomic E-state index is 12.3. The van der Waals surface area contributed by atoms with E-state index in [1.807, 2.05) is 20.2 Å². The number of benzene rings is 2. The number of anilines is 3. The van der Waals surface area contributed by atoms with Crippen molar-refractivity contribution in [1.82, 2.24) is 4.90 Å². The number of nitrogens with zero attached hydrogens (tertiary/aromatic N) is 2. The Morgan fingerprint density at radius 2 is 2.03 bits per heavy atom. The van der Waals surface area contributed by atoms with Crippen molar-refractivity contribution in [3.63, 3.8) is 0 Å². The minimum atomic E-state index is -2.74. The van der Waals surface area contributed by atoms with E-state index >= 15 is 0 Å². The van der Waals surface area contributed by atoms with Gasteiger partial charge in [0, 0.05) is 12.5 Å². The van der Waals surface area contributed by atoms with Crippen LogP contribution in [0.3, 0.4) is 0 Å². The lowest BCUT2D eigenvalue weighted by atomic mass is 10.00. The molecule has 1 saturated carbocycles. The van der Waals surface area contributed by atoms with E-state index in [4.69, 9.17) is 4.74 Å². The van der Waals surface area contributed by atoms with Crippen LogP contribution < -0.4 is 14.4 Å². The van der Waals surface area contributed by atoms with Gasteiger partial charge in [-0.1, -0.05) is 18.2 Å². The summed E-state index contributed by atoms with van der Waals surface area (Å²) in [5.74, 6) is -0.196. The number of carboxylic acids is 1. The van der Waals surface area contributed by atoms with Gasteiger partial charge in [-0.25, -0.2) is 4.79 Å². The smallest absolute Gasteiger partial charge is 0.341 e. The third-order valence-electron chi connectivity index (χ3n) is 5.73. The second kappa shape index (κ2) is 8.86. The van der Waals surface area contributed by atoms with Crippen molar-refractivity contribution >= 4 is 34.3 Å². The summed E-state index contributed by atoms with van der Waals surface area (Å²) >= 11 is -2.74. The van der Waals surface area contributed by atoms with E-state index in [2.05, 4.69) is 10.2 Å². The standard InChI is InChI=1S/C22H27N3O5S/c1-24(2)11-5-10-23-17-6-3-4-7-18(17)25(31(28)29)19-9-8-15-16-12-14(16)13-30-21(15)20(19)22(26)27/h3-4,6-9,14,16,23H,5,10-13H2,1-2H3,(H,26,27)(H,28,29)/p-1/t14-,16-/m0/s1. The highest BCUT2D eigenvalue weighted by Crippen LogP contribution is 2.56. The van der Waals surface area contributed by atoms with Gasteiger partial charge in [-0.2, -0.15) is 0 Å². The quantitative estimate of drug-likeness (QED) is 0.452. The van der Waals surface area contributed by atoms with Crippen LogP contribution in [0.25, 0.3) is 0 Å². The average Bonchev–Trinajstić information content (AvgIpc) is 3.51. The van der Waals surface area contributed by atoms with E-state index in [9.17, 15) is 18.7 Å². The molecule has 2 aliphatic rings. The number of aromatic carboxylic acids is 1. The number of fused-ring (bicyclic) bond motifs is 3. The molecule has 2 aromatic rings. The minimum absolute atomic E-state index is 0.0706. The summed E-state index contributed by atoms with van der Waals surface area (Å²) in [6.07, 6.45) is 1.85. The van der Waals surface area contributed by atoms with Crippen molar-refractivity contribution in [3.8, 4) is 5.75 Å². The van der Waals surface area contributed by atoms with Crippen LogP contribution in [0.15, 0.2) is 36.4 Å². The Labute approximate surface area is 184 Å². The van der Waals surface area contributed by atoms with Crippen LogP contribution in [-0.2, 0) is 11.3 Å². The molecule has 0 radical (unpaired) electrons. The van der Waals surface area contributed by atoms with E-state index in [0.29, 0.717) is 36.4 Å². The maximum Gasteiger partial charge on any atom is 0.341 e. The van der Waals surface area contributed by atoms with Crippen LogP contribution in [-0.4, -0.2) is 58.5 Å². The van der Waals surface area contributed by atoms with Crippen LogP contribution in [0.1, 0.15) is 34.7 Å². The van der Waals surface area contributed by atoms with Crippen LogP contribution in [0.4, 0.5) is 17.1 Å². The Morgan fingerprint density at radius 3 is 2.74 bits per heavy atom. The zero-order chi connectivity index (χ0) is 22.1. The molecule has 1 fully saturated rings. The number of ether oxygens (including phenoxy) is 1. The molecule has 166 valence electrons. The summed E-state index contributed by atoms with van der Waals surface area (Å²) in [6.45, 7) is 2.00. The zero-order valence-corrected chi connectivity index (χ0v) is 18.4. The second-order valence-corrected chi connectivity index (χ2v) is 9.01. The predicted octanol–water partition coefficient (Wildman–Crippen LogP) is 3.18. The second-order valence-electron chi connectivity index (χ2n) is 8.21. The number of nitrogens with one attached hydrogen (secondary N) is 1. The average molecular weight is 445 g/mol. The number of hydrogen-bond donors (Lipinski definition) is 2. The summed E-state index contributed by atoms with van der Waals surface area (Å²) < 4.78 is 31.5. The van der Waals surface area contributed by atoms with E-state index in [1.165, 1.54) is 0 Å². The topological polar surface area (TPSA) is 105 Å². The van der Waals surface area contributed by atoms with Gasteiger partial charge in [-0.3, -0.25) is 8.51 Å². The van der Waals surface area contributed by atoms with Gasteiger partial charge >= 0.3 is 5.97 Å². The van der Waals surface area contributed by atoms with Crippen LogP contribution >= 0.6 is 0 Å². The number of carboxylic acid groups (broad SMARTS) is 1. The Balaban J connectivity index is 1.73. The molecule has 9 heteroatoms. The van der Waals surface area contributed by atoms with Gasteiger partial charge < -0.3 is 24.6 Å². The van der Waals surface area contributed by atoms with E-state index in [1.54, 1.807) is 30.3 Å². The first kappa shape index (κ1) is 21.6. The van der Waals surface area contributed by atoms with Crippen molar-refractivity contribution in [2.24, 2.45) is 5.92 Å². The van der Waals surface area contributed by atoms with Gasteiger partial charge in [-0.15, -0.1) is 0 Å². The summed E-state index contributed by atoms with van der Waals surface area (Å²) in [5, 5.41) is 13.2. The molecule has 0 spiro atoms. The normalized spacial score (nSPS) is 19.7. The Kier molecular flexibility index (Phi) is 6.17. The number of carbonyl (C=O) groups is 1. The van der Waals surface area contributed by atoms with Crippen molar-refractivity contribution in [2.75, 3.05) is 43.4 Å². The van der Waals surface area contributed by atoms with Crippen molar-refractivity contribution in [2.45, 2.75) is 18.8 Å². The number of para-hydroxylation sites is 2. The molecular formula is C22H26N3O5S-. The van der Waals surface area contributed by atoms with Crippen molar-refractivity contribution in [3.05, 3.63) is 47.5 Å². The molecule has 1 unspecified atom stereocenters. The molecule has 31 heavy (non-hydrogen) atoms. The van der Waals surface area contributed by atoms with Crippen LogP contribution in [0.2, 0.25) is 0 Å². The molecule has 8 nitrogen and oxygen atoms in total. The summed E-state index contributed by atoms with van der Waals surface area (Å²) in [5.41, 5.74) is 1.78. The molecule has 4 rings (SSSR count). The van der Waals surface area contributed by atoms with E-state index in [0.717, 1.165) is 29.3 Å². The van der Waals surface area contributed by atoms with Crippen LogP contribution in [0.5, 0.6) is 5.75 Å². The first-order valence-corrected chi connectivity index (χ1v) is 11.3. The van der Waals surface area contributed by atoms with E-state index in [-0.39, 0.29) is 17.0 Å². The minimum Gasteiger partial charge on any atom is -0.755 e. The molecule has 0 saturated heterocycles. The molecular weight excluding hydrogens is 418 g/mol. The highest BCUT2D eigenvalue weighted by molar-refractivity contribution is 7.81. The Hall–Kier alpha value is -2.62. The summed E-state index contributed by atoms with van der Waals surface area (Å²) in [6, 6.07) is 10.4. The SMILES string of the molecule is CN(C)CCCNc1ccccc1N(c1ccc2c(c1C(=O)O)OC[C@@H]1C[C@H]21)S(=O)[O-]. The molecule has 3 atom stereocenters. The fourth-order valence-electron chi connectivity index (χ4n) is 4.12. The van der Waals surface area contributed by atoms with Crippen LogP contribution in [0, 0.1) is 5.92 Å². The first-order valence-electron chi connectivity index (χ1n) is 10.3. The highest BCUT2D eigenvalue weighted by atomic mass is 32.2. The first-order chi connectivity index (χ1) is 14.9. The molecule has 2 aromatic carbocycles. The molecule has 0 bridgehead atoms. The monoisotopic (exact) mass is 444 g/mol. The fraction of sp³-hybridized carbons (Fsp3) is 0.409. The molecule has 0 amide bonds. The molecule has 1 aliphatic carbocycles. The van der Waals surface area contributed by atoms with Crippen molar-refractivity contribution in [1.29, 1.82) is 0 Å². The summed E-state index contributed by atoms with van der Waals surface area (Å²) in [7, 11) is 3.98. The van der Waals surface area contributed by atoms with Gasteiger partial charge in [0.15, 0.2) is 0 Å². The van der Waals surface area contributed by atoms with Gasteiger partial charge in [0.05, 0.1) is 34.9 Å². The molecule has 0 aromatic heterocycles. The largest absolute Gasteiger partial charge is 0.755 e. The Bertz CT molecular complexity index is 1010. The molecule has 2 N–H and O–H groups in total. The fourth-order valence-corrected chi connectivity index (χ4v) is 4.76. The number of rotatable bonds is 9. The lowest BCUT2D eigenvalue weighted by Crippen LogP contribution is -2.25. The van der Waals surface area contributed by atoms with Gasteiger partial charge in [-0.05, 0) is 63.2 Å². The van der Waals surface area contributed by atoms with E-state index < -0.39 is 17.2 Å².